The Balaban J connectivity index is 3.22. The van der Waals surface area contributed by atoms with Crippen molar-refractivity contribution in [2.45, 2.75) is 79.9 Å². The molecule has 0 amide bonds. The second-order valence-electron chi connectivity index (χ2n) is 8.34. The molecule has 0 spiro atoms. The minimum absolute atomic E-state index is 0.137. The first-order valence-corrected chi connectivity index (χ1v) is 10.8. The van der Waals surface area contributed by atoms with E-state index < -0.39 is 18.1 Å². The molecule has 1 rings (SSSR count). The fourth-order valence-corrected chi connectivity index (χ4v) is 3.51. The van der Waals surface area contributed by atoms with Crippen molar-refractivity contribution in [2.75, 3.05) is 6.61 Å². The summed E-state index contributed by atoms with van der Waals surface area (Å²) in [6.45, 7) is 13.1. The number of ether oxygens (including phenoxy) is 2. The second-order valence-corrected chi connectivity index (χ2v) is 8.34. The largest absolute Gasteiger partial charge is 0.462 e. The summed E-state index contributed by atoms with van der Waals surface area (Å²) < 4.78 is 11.3. The van der Waals surface area contributed by atoms with Crippen LogP contribution in [0.15, 0.2) is 46.6 Å². The number of aliphatic hydroxyl groups excluding tert-OH is 1. The van der Waals surface area contributed by atoms with Crippen molar-refractivity contribution in [1.82, 2.24) is 0 Å². The Morgan fingerprint density at radius 1 is 1.13 bits per heavy atom. The van der Waals surface area contributed by atoms with E-state index in [0.29, 0.717) is 17.6 Å². The van der Waals surface area contributed by atoms with Crippen LogP contribution < -0.4 is 0 Å². The molecular formula is C25H38O5. The number of carbonyl (C=O) groups is 2. The van der Waals surface area contributed by atoms with Crippen molar-refractivity contribution in [3.05, 3.63) is 46.6 Å². The zero-order chi connectivity index (χ0) is 22.8. The van der Waals surface area contributed by atoms with Crippen molar-refractivity contribution in [3.63, 3.8) is 0 Å². The van der Waals surface area contributed by atoms with Gasteiger partial charge >= 0.3 is 11.9 Å². The van der Waals surface area contributed by atoms with E-state index in [-0.39, 0.29) is 24.5 Å². The quantitative estimate of drug-likeness (QED) is 0.371. The van der Waals surface area contributed by atoms with Gasteiger partial charge in [0.15, 0.2) is 0 Å². The highest BCUT2D eigenvalue weighted by Gasteiger charge is 2.36. The van der Waals surface area contributed by atoms with E-state index in [1.54, 1.807) is 39.8 Å². The van der Waals surface area contributed by atoms with E-state index in [2.05, 4.69) is 6.08 Å². The van der Waals surface area contributed by atoms with E-state index in [0.717, 1.165) is 24.0 Å². The number of allylic oxidation sites excluding steroid dienone is 4. The Bertz CT molecular complexity index is 726. The molecular weight excluding hydrogens is 380 g/mol. The Morgan fingerprint density at radius 3 is 2.33 bits per heavy atom. The lowest BCUT2D eigenvalue weighted by Crippen LogP contribution is -2.41. The van der Waals surface area contributed by atoms with Crippen LogP contribution in [0.2, 0.25) is 0 Å². The third-order valence-corrected chi connectivity index (χ3v) is 5.74. The van der Waals surface area contributed by atoms with Gasteiger partial charge in [0.2, 0.25) is 0 Å². The normalized spacial score (nSPS) is 25.0. The van der Waals surface area contributed by atoms with Gasteiger partial charge in [0.1, 0.15) is 6.10 Å². The van der Waals surface area contributed by atoms with E-state index in [4.69, 9.17) is 9.47 Å². The smallest absolute Gasteiger partial charge is 0.333 e. The summed E-state index contributed by atoms with van der Waals surface area (Å²) in [5.74, 6) is -1.39. The maximum atomic E-state index is 12.5. The Labute approximate surface area is 181 Å². The third kappa shape index (κ3) is 7.94. The van der Waals surface area contributed by atoms with Gasteiger partial charge in [0.05, 0.1) is 12.7 Å². The first kappa shape index (κ1) is 25.9. The zero-order valence-electron chi connectivity index (χ0n) is 19.5. The molecule has 0 aromatic heterocycles. The minimum atomic E-state index is -0.809. The molecule has 0 fully saturated rings. The van der Waals surface area contributed by atoms with Crippen molar-refractivity contribution >= 4 is 11.9 Å². The van der Waals surface area contributed by atoms with E-state index >= 15 is 0 Å². The average molecular weight is 419 g/mol. The minimum Gasteiger partial charge on any atom is -0.462 e. The topological polar surface area (TPSA) is 72.8 Å². The van der Waals surface area contributed by atoms with Crippen molar-refractivity contribution in [3.8, 4) is 0 Å². The molecule has 0 bridgehead atoms. The number of carbonyl (C=O) groups excluding carboxylic acids is 2. The Kier molecular flexibility index (Phi) is 10.8. The van der Waals surface area contributed by atoms with Gasteiger partial charge in [-0.2, -0.15) is 0 Å². The molecule has 1 aliphatic rings. The SMILES string of the molecule is CC=C(C)C(=O)OCC(C)C1C(O)C=C(C)CCC=C(C)CC1OC(=O)C(C)=CC. The van der Waals surface area contributed by atoms with E-state index in [1.165, 1.54) is 0 Å². The molecule has 1 N–H and O–H groups in total. The van der Waals surface area contributed by atoms with Crippen LogP contribution in [0.3, 0.4) is 0 Å². The molecule has 168 valence electrons. The fourth-order valence-electron chi connectivity index (χ4n) is 3.51. The van der Waals surface area contributed by atoms with Gasteiger partial charge < -0.3 is 14.6 Å². The van der Waals surface area contributed by atoms with Gasteiger partial charge in [0, 0.05) is 23.5 Å². The molecule has 0 heterocycles. The van der Waals surface area contributed by atoms with Crippen LogP contribution in [0.25, 0.3) is 0 Å². The first-order chi connectivity index (χ1) is 14.1. The predicted octanol–water partition coefficient (Wildman–Crippen LogP) is 5.06. The molecule has 0 saturated heterocycles. The molecule has 0 aromatic rings. The van der Waals surface area contributed by atoms with Gasteiger partial charge in [-0.15, -0.1) is 0 Å². The summed E-state index contributed by atoms with van der Waals surface area (Å²) >= 11 is 0. The molecule has 1 aliphatic carbocycles. The summed E-state index contributed by atoms with van der Waals surface area (Å²) in [5, 5.41) is 11.1. The summed E-state index contributed by atoms with van der Waals surface area (Å²) in [6.07, 6.45) is 8.37. The van der Waals surface area contributed by atoms with Crippen LogP contribution in [-0.4, -0.2) is 35.9 Å². The fraction of sp³-hybridized carbons (Fsp3) is 0.600. The number of aliphatic hydroxyl groups is 1. The zero-order valence-corrected chi connectivity index (χ0v) is 19.5. The number of rotatable bonds is 6. The highest BCUT2D eigenvalue weighted by molar-refractivity contribution is 5.88. The number of hydrogen-bond donors (Lipinski definition) is 1. The van der Waals surface area contributed by atoms with Crippen LogP contribution >= 0.6 is 0 Å². The summed E-state index contributed by atoms with van der Waals surface area (Å²) in [5.41, 5.74) is 3.26. The summed E-state index contributed by atoms with van der Waals surface area (Å²) in [4.78, 5) is 24.6. The molecule has 5 nitrogen and oxygen atoms in total. The third-order valence-electron chi connectivity index (χ3n) is 5.74. The van der Waals surface area contributed by atoms with E-state index in [1.807, 2.05) is 26.8 Å². The van der Waals surface area contributed by atoms with Crippen LogP contribution in [-0.2, 0) is 19.1 Å². The van der Waals surface area contributed by atoms with Crippen LogP contribution in [0.4, 0.5) is 0 Å². The molecule has 4 unspecified atom stereocenters. The second kappa shape index (κ2) is 12.5. The van der Waals surface area contributed by atoms with Gasteiger partial charge in [-0.05, 0) is 60.3 Å². The summed E-state index contributed by atoms with van der Waals surface area (Å²) in [7, 11) is 0. The van der Waals surface area contributed by atoms with Gasteiger partial charge in [-0.25, -0.2) is 9.59 Å². The molecule has 0 saturated carbocycles. The Hall–Kier alpha value is -2.14. The Morgan fingerprint density at radius 2 is 1.73 bits per heavy atom. The van der Waals surface area contributed by atoms with Gasteiger partial charge in [-0.3, -0.25) is 0 Å². The molecule has 5 heteroatoms. The molecule has 30 heavy (non-hydrogen) atoms. The number of hydrogen-bond acceptors (Lipinski definition) is 5. The maximum Gasteiger partial charge on any atom is 0.333 e. The number of esters is 2. The highest BCUT2D eigenvalue weighted by atomic mass is 16.5. The lowest BCUT2D eigenvalue weighted by atomic mass is 9.80. The molecule has 0 aromatic carbocycles. The predicted molar refractivity (Wildman–Crippen MR) is 120 cm³/mol. The van der Waals surface area contributed by atoms with Crippen LogP contribution in [0.1, 0.15) is 67.7 Å². The van der Waals surface area contributed by atoms with Gasteiger partial charge in [0.25, 0.3) is 0 Å². The van der Waals surface area contributed by atoms with Crippen LogP contribution in [0, 0.1) is 11.8 Å². The first-order valence-electron chi connectivity index (χ1n) is 10.8. The highest BCUT2D eigenvalue weighted by Crippen LogP contribution is 2.31. The maximum absolute atomic E-state index is 12.5. The lowest BCUT2D eigenvalue weighted by Gasteiger charge is -2.35. The van der Waals surface area contributed by atoms with Crippen LogP contribution in [0.5, 0.6) is 0 Å². The van der Waals surface area contributed by atoms with Crippen molar-refractivity contribution in [1.29, 1.82) is 0 Å². The monoisotopic (exact) mass is 418 g/mol. The van der Waals surface area contributed by atoms with Gasteiger partial charge in [-0.1, -0.05) is 42.4 Å². The standard InChI is InChI=1S/C25H38O5/c1-8-18(5)24(27)29-15-20(7)23-21(26)13-16(3)11-10-12-17(4)14-22(23)30-25(28)19(6)9-2/h8-9,12-13,20-23,26H,10-11,14-15H2,1-7H3. The molecule has 0 radical (unpaired) electrons. The van der Waals surface area contributed by atoms with Crippen molar-refractivity contribution in [2.24, 2.45) is 11.8 Å². The van der Waals surface area contributed by atoms with Crippen molar-refractivity contribution < 1.29 is 24.2 Å². The average Bonchev–Trinajstić information content (AvgIpc) is 2.69. The van der Waals surface area contributed by atoms with E-state index in [9.17, 15) is 14.7 Å². The molecule has 0 aliphatic heterocycles. The summed E-state index contributed by atoms with van der Waals surface area (Å²) in [6, 6.07) is 0. The molecule has 4 atom stereocenters. The lowest BCUT2D eigenvalue weighted by molar-refractivity contribution is -0.153.